The van der Waals surface area contributed by atoms with Gasteiger partial charge >= 0.3 is 0 Å². The minimum atomic E-state index is 0.0432. The molecule has 0 fully saturated rings. The third-order valence-electron chi connectivity index (χ3n) is 3.25. The summed E-state index contributed by atoms with van der Waals surface area (Å²) in [5.41, 5.74) is 1.81. The van der Waals surface area contributed by atoms with Crippen LogP contribution in [-0.4, -0.2) is 17.4 Å². The van der Waals surface area contributed by atoms with Crippen molar-refractivity contribution in [2.45, 2.75) is 30.6 Å². The second-order valence-electron chi connectivity index (χ2n) is 5.04. The number of pyridine rings is 1. The number of unbranched alkanes of at least 4 members (excludes halogenated alkanes) is 2. The van der Waals surface area contributed by atoms with Gasteiger partial charge in [0.1, 0.15) is 0 Å². The summed E-state index contributed by atoms with van der Waals surface area (Å²) in [5, 5.41) is 6.19. The van der Waals surface area contributed by atoms with Gasteiger partial charge in [0.15, 0.2) is 0 Å². The average molecular weight is 315 g/mol. The summed E-state index contributed by atoms with van der Waals surface area (Å²) in [4.78, 5) is 16.7. The Morgan fingerprint density at radius 1 is 1.09 bits per heavy atom. The van der Waals surface area contributed by atoms with Crippen LogP contribution in [0.5, 0.6) is 0 Å². The molecule has 4 nitrogen and oxygen atoms in total. The van der Waals surface area contributed by atoms with Crippen LogP contribution in [0, 0.1) is 0 Å². The first-order valence-corrected chi connectivity index (χ1v) is 7.92. The van der Waals surface area contributed by atoms with E-state index in [1.165, 1.54) is 0 Å². The SMILES string of the molecule is O=C(CCCCCNc1ccccc1S)Nc1cccnc1. The maximum absolute atomic E-state index is 11.7. The molecule has 0 saturated carbocycles. The molecular formula is C17H21N3OS. The lowest BCUT2D eigenvalue weighted by Gasteiger charge is -2.08. The molecular weight excluding hydrogens is 294 g/mol. The lowest BCUT2D eigenvalue weighted by molar-refractivity contribution is -0.116. The first kappa shape index (κ1) is 16.4. The number of carbonyl (C=O) groups is 1. The zero-order valence-electron chi connectivity index (χ0n) is 12.5. The lowest BCUT2D eigenvalue weighted by atomic mass is 10.2. The number of para-hydroxylation sites is 1. The van der Waals surface area contributed by atoms with Gasteiger partial charge in [-0.1, -0.05) is 18.6 Å². The number of rotatable bonds is 8. The molecule has 0 unspecified atom stereocenters. The molecule has 5 heteroatoms. The Morgan fingerprint density at radius 2 is 1.95 bits per heavy atom. The summed E-state index contributed by atoms with van der Waals surface area (Å²) < 4.78 is 0. The number of anilines is 2. The number of carbonyl (C=O) groups excluding carboxylic acids is 1. The standard InChI is InChI=1S/C17H21N3OS/c21-17(20-14-7-6-11-18-13-14)10-2-1-5-12-19-15-8-3-4-9-16(15)22/h3-4,6-9,11,13,19,22H,1-2,5,10,12H2,(H,20,21). The minimum absolute atomic E-state index is 0.0432. The summed E-state index contributed by atoms with van der Waals surface area (Å²) in [7, 11) is 0. The van der Waals surface area contributed by atoms with E-state index < -0.39 is 0 Å². The van der Waals surface area contributed by atoms with Crippen LogP contribution < -0.4 is 10.6 Å². The van der Waals surface area contributed by atoms with Crippen molar-refractivity contribution in [2.75, 3.05) is 17.2 Å². The summed E-state index contributed by atoms with van der Waals surface area (Å²) in [6.07, 6.45) is 6.81. The topological polar surface area (TPSA) is 54.0 Å². The Kier molecular flexibility index (Phi) is 6.77. The number of benzene rings is 1. The van der Waals surface area contributed by atoms with E-state index >= 15 is 0 Å². The summed E-state index contributed by atoms with van der Waals surface area (Å²) in [6, 6.07) is 11.6. The minimum Gasteiger partial charge on any atom is -0.384 e. The highest BCUT2D eigenvalue weighted by Gasteiger charge is 2.02. The van der Waals surface area contributed by atoms with Gasteiger partial charge in [0.2, 0.25) is 5.91 Å². The predicted molar refractivity (Wildman–Crippen MR) is 93.5 cm³/mol. The number of nitrogens with zero attached hydrogens (tertiary/aromatic N) is 1. The highest BCUT2D eigenvalue weighted by Crippen LogP contribution is 2.18. The molecule has 0 spiro atoms. The number of amides is 1. The van der Waals surface area contributed by atoms with Gasteiger partial charge in [-0.25, -0.2) is 0 Å². The second kappa shape index (κ2) is 9.10. The van der Waals surface area contributed by atoms with Crippen molar-refractivity contribution < 1.29 is 4.79 Å². The fraction of sp³-hybridized carbons (Fsp3) is 0.294. The van der Waals surface area contributed by atoms with Crippen LogP contribution in [0.25, 0.3) is 0 Å². The van der Waals surface area contributed by atoms with E-state index in [0.29, 0.717) is 6.42 Å². The highest BCUT2D eigenvalue weighted by atomic mass is 32.1. The predicted octanol–water partition coefficient (Wildman–Crippen LogP) is 3.98. The van der Waals surface area contributed by atoms with E-state index in [2.05, 4.69) is 28.2 Å². The van der Waals surface area contributed by atoms with Crippen molar-refractivity contribution in [3.63, 3.8) is 0 Å². The molecule has 0 aliphatic carbocycles. The Morgan fingerprint density at radius 3 is 2.73 bits per heavy atom. The van der Waals surface area contributed by atoms with Gasteiger partial charge in [0.05, 0.1) is 11.9 Å². The Balaban J connectivity index is 1.56. The van der Waals surface area contributed by atoms with Gasteiger partial charge in [-0.15, -0.1) is 12.6 Å². The molecule has 2 aromatic rings. The Labute approximate surface area is 136 Å². The molecule has 2 N–H and O–H groups in total. The van der Waals surface area contributed by atoms with Crippen molar-refractivity contribution in [2.24, 2.45) is 0 Å². The van der Waals surface area contributed by atoms with Crippen molar-refractivity contribution in [3.8, 4) is 0 Å². The molecule has 0 saturated heterocycles. The van der Waals surface area contributed by atoms with Gasteiger partial charge < -0.3 is 10.6 Å². The van der Waals surface area contributed by atoms with E-state index in [0.717, 1.165) is 42.1 Å². The monoisotopic (exact) mass is 315 g/mol. The van der Waals surface area contributed by atoms with Crippen LogP contribution in [0.2, 0.25) is 0 Å². The fourth-order valence-corrected chi connectivity index (χ4v) is 2.33. The van der Waals surface area contributed by atoms with Crippen molar-refractivity contribution >= 4 is 29.9 Å². The van der Waals surface area contributed by atoms with E-state index in [9.17, 15) is 4.79 Å². The maximum Gasteiger partial charge on any atom is 0.224 e. The van der Waals surface area contributed by atoms with Crippen LogP contribution in [0.1, 0.15) is 25.7 Å². The normalized spacial score (nSPS) is 10.2. The molecule has 0 radical (unpaired) electrons. The first-order valence-electron chi connectivity index (χ1n) is 7.47. The summed E-state index contributed by atoms with van der Waals surface area (Å²) in [6.45, 7) is 0.891. The maximum atomic E-state index is 11.7. The molecule has 0 aliphatic rings. The lowest BCUT2D eigenvalue weighted by Crippen LogP contribution is -2.11. The number of hydrogen-bond donors (Lipinski definition) is 3. The van der Waals surface area contributed by atoms with Crippen molar-refractivity contribution in [1.82, 2.24) is 4.98 Å². The van der Waals surface area contributed by atoms with Gasteiger partial charge in [0, 0.05) is 29.7 Å². The first-order chi connectivity index (χ1) is 10.8. The summed E-state index contributed by atoms with van der Waals surface area (Å²) >= 11 is 4.39. The Hall–Kier alpha value is -2.01. The van der Waals surface area contributed by atoms with E-state index in [1.54, 1.807) is 18.5 Å². The smallest absolute Gasteiger partial charge is 0.224 e. The van der Waals surface area contributed by atoms with Crippen LogP contribution >= 0.6 is 12.6 Å². The molecule has 1 aromatic carbocycles. The zero-order chi connectivity index (χ0) is 15.6. The molecule has 0 bridgehead atoms. The Bertz CT molecular complexity index is 589. The molecule has 0 aliphatic heterocycles. The van der Waals surface area contributed by atoms with Crippen molar-refractivity contribution in [1.29, 1.82) is 0 Å². The van der Waals surface area contributed by atoms with Gasteiger partial charge in [-0.2, -0.15) is 0 Å². The quantitative estimate of drug-likeness (QED) is 0.510. The number of hydrogen-bond acceptors (Lipinski definition) is 4. The van der Waals surface area contributed by atoms with Crippen LogP contribution in [0.4, 0.5) is 11.4 Å². The molecule has 116 valence electrons. The second-order valence-corrected chi connectivity index (χ2v) is 5.53. The molecule has 22 heavy (non-hydrogen) atoms. The van der Waals surface area contributed by atoms with Crippen LogP contribution in [0.15, 0.2) is 53.7 Å². The molecule has 1 heterocycles. The molecule has 1 aromatic heterocycles. The number of aromatic nitrogens is 1. The van der Waals surface area contributed by atoms with E-state index in [4.69, 9.17) is 0 Å². The van der Waals surface area contributed by atoms with Gasteiger partial charge in [0.25, 0.3) is 0 Å². The zero-order valence-corrected chi connectivity index (χ0v) is 13.4. The van der Waals surface area contributed by atoms with Gasteiger partial charge in [-0.05, 0) is 37.1 Å². The average Bonchev–Trinajstić information content (AvgIpc) is 2.53. The van der Waals surface area contributed by atoms with Gasteiger partial charge in [-0.3, -0.25) is 9.78 Å². The van der Waals surface area contributed by atoms with Crippen LogP contribution in [0.3, 0.4) is 0 Å². The number of thiol groups is 1. The molecule has 1 amide bonds. The summed E-state index contributed by atoms with van der Waals surface area (Å²) in [5.74, 6) is 0.0432. The fourth-order valence-electron chi connectivity index (χ4n) is 2.09. The molecule has 2 rings (SSSR count). The molecule has 0 atom stereocenters. The third kappa shape index (κ3) is 5.77. The van der Waals surface area contributed by atoms with Crippen molar-refractivity contribution in [3.05, 3.63) is 48.8 Å². The number of nitrogens with one attached hydrogen (secondary N) is 2. The third-order valence-corrected chi connectivity index (χ3v) is 3.64. The van der Waals surface area contributed by atoms with E-state index in [1.807, 2.05) is 30.3 Å². The largest absolute Gasteiger partial charge is 0.384 e. The van der Waals surface area contributed by atoms with Crippen LogP contribution in [-0.2, 0) is 4.79 Å². The van der Waals surface area contributed by atoms with E-state index in [-0.39, 0.29) is 5.91 Å². The highest BCUT2D eigenvalue weighted by molar-refractivity contribution is 7.80.